The fraction of sp³-hybridized carbons (Fsp3) is 0.750. The Bertz CT molecular complexity index is 761. The van der Waals surface area contributed by atoms with Gasteiger partial charge in [0, 0.05) is 51.9 Å². The summed E-state index contributed by atoms with van der Waals surface area (Å²) in [6, 6.07) is -0.211. The number of rotatable bonds is 4. The summed E-state index contributed by atoms with van der Waals surface area (Å²) in [6.45, 7) is 6.61. The molecule has 26 heavy (non-hydrogen) atoms. The summed E-state index contributed by atoms with van der Waals surface area (Å²) < 4.78 is 29.9. The molecule has 1 aromatic rings. The van der Waals surface area contributed by atoms with Crippen molar-refractivity contribution in [2.45, 2.75) is 33.1 Å². The fourth-order valence-electron chi connectivity index (χ4n) is 3.58. The van der Waals surface area contributed by atoms with Crippen molar-refractivity contribution in [1.82, 2.24) is 23.3 Å². The van der Waals surface area contributed by atoms with Crippen molar-refractivity contribution in [3.63, 3.8) is 0 Å². The summed E-state index contributed by atoms with van der Waals surface area (Å²) in [7, 11) is -1.58. The first-order valence-electron chi connectivity index (χ1n) is 9.18. The van der Waals surface area contributed by atoms with E-state index in [1.807, 2.05) is 20.9 Å². The third kappa shape index (κ3) is 3.58. The monoisotopic (exact) mass is 384 g/mol. The molecule has 0 bridgehead atoms. The minimum atomic E-state index is -3.39. The normalized spacial score (nSPS) is 19.9. The Labute approximate surface area is 155 Å². The third-order valence-electron chi connectivity index (χ3n) is 5.19. The SMILES string of the molecule is CCc1nn(C)c(NC(=O)N2CCN(S(=O)(=O)N3CCCC3)CC2)c1C. The first-order valence-corrected chi connectivity index (χ1v) is 10.6. The van der Waals surface area contributed by atoms with E-state index < -0.39 is 10.2 Å². The molecule has 146 valence electrons. The van der Waals surface area contributed by atoms with Crippen LogP contribution in [0.2, 0.25) is 0 Å². The van der Waals surface area contributed by atoms with Gasteiger partial charge >= 0.3 is 6.03 Å². The van der Waals surface area contributed by atoms with Gasteiger partial charge in [-0.3, -0.25) is 10.00 Å². The van der Waals surface area contributed by atoms with Gasteiger partial charge in [-0.2, -0.15) is 22.1 Å². The van der Waals surface area contributed by atoms with Gasteiger partial charge in [0.15, 0.2) is 0 Å². The predicted molar refractivity (Wildman–Crippen MR) is 99.2 cm³/mol. The molecule has 0 unspecified atom stereocenters. The van der Waals surface area contributed by atoms with Crippen LogP contribution >= 0.6 is 0 Å². The summed E-state index contributed by atoms with van der Waals surface area (Å²) in [4.78, 5) is 14.2. The molecular weight excluding hydrogens is 356 g/mol. The molecule has 2 saturated heterocycles. The van der Waals surface area contributed by atoms with Crippen LogP contribution in [0.1, 0.15) is 31.0 Å². The van der Waals surface area contributed by atoms with Crippen molar-refractivity contribution in [3.05, 3.63) is 11.3 Å². The van der Waals surface area contributed by atoms with Crippen molar-refractivity contribution in [2.24, 2.45) is 7.05 Å². The van der Waals surface area contributed by atoms with Crippen LogP contribution in [0.15, 0.2) is 0 Å². The molecule has 0 aliphatic carbocycles. The second-order valence-corrected chi connectivity index (χ2v) is 8.76. The number of aromatic nitrogens is 2. The van der Waals surface area contributed by atoms with E-state index in [-0.39, 0.29) is 6.03 Å². The lowest BCUT2D eigenvalue weighted by Crippen LogP contribution is -2.54. The summed E-state index contributed by atoms with van der Waals surface area (Å²) in [5, 5.41) is 7.33. The van der Waals surface area contributed by atoms with Crippen molar-refractivity contribution in [1.29, 1.82) is 0 Å². The number of piperazine rings is 1. The highest BCUT2D eigenvalue weighted by Gasteiger charge is 2.34. The minimum Gasteiger partial charge on any atom is -0.322 e. The highest BCUT2D eigenvalue weighted by Crippen LogP contribution is 2.20. The van der Waals surface area contributed by atoms with Gasteiger partial charge in [-0.15, -0.1) is 0 Å². The molecule has 0 saturated carbocycles. The molecule has 0 aromatic carbocycles. The fourth-order valence-corrected chi connectivity index (χ4v) is 5.25. The number of anilines is 1. The summed E-state index contributed by atoms with van der Waals surface area (Å²) in [5.74, 6) is 0.693. The number of amides is 2. The largest absolute Gasteiger partial charge is 0.323 e. The summed E-state index contributed by atoms with van der Waals surface area (Å²) in [5.41, 5.74) is 1.93. The lowest BCUT2D eigenvalue weighted by Gasteiger charge is -2.35. The van der Waals surface area contributed by atoms with E-state index in [1.165, 1.54) is 4.31 Å². The first-order chi connectivity index (χ1) is 12.3. The number of hydrogen-bond acceptors (Lipinski definition) is 4. The van der Waals surface area contributed by atoms with Crippen LogP contribution in [0.4, 0.5) is 10.6 Å². The Balaban J connectivity index is 1.59. The minimum absolute atomic E-state index is 0.211. The molecule has 0 spiro atoms. The molecule has 0 radical (unpaired) electrons. The van der Waals surface area contributed by atoms with Gasteiger partial charge in [-0.1, -0.05) is 6.92 Å². The molecule has 10 heteroatoms. The van der Waals surface area contributed by atoms with Gasteiger partial charge in [0.2, 0.25) is 0 Å². The first kappa shape index (κ1) is 19.1. The molecule has 1 N–H and O–H groups in total. The van der Waals surface area contributed by atoms with Gasteiger partial charge in [0.1, 0.15) is 5.82 Å². The number of carbonyl (C=O) groups excluding carboxylic acids is 1. The zero-order chi connectivity index (χ0) is 18.9. The molecule has 2 aliphatic rings. The van der Waals surface area contributed by atoms with Crippen LogP contribution in [0.25, 0.3) is 0 Å². The lowest BCUT2D eigenvalue weighted by atomic mass is 10.2. The van der Waals surface area contributed by atoms with Crippen LogP contribution in [-0.2, 0) is 23.7 Å². The number of urea groups is 1. The molecule has 3 heterocycles. The molecule has 2 fully saturated rings. The highest BCUT2D eigenvalue weighted by atomic mass is 32.2. The second-order valence-electron chi connectivity index (χ2n) is 6.83. The zero-order valence-electron chi connectivity index (χ0n) is 15.7. The van der Waals surface area contributed by atoms with Crippen LogP contribution < -0.4 is 5.32 Å². The second kappa shape index (κ2) is 7.53. The van der Waals surface area contributed by atoms with Crippen LogP contribution in [-0.4, -0.2) is 77.0 Å². The van der Waals surface area contributed by atoms with Gasteiger partial charge in [-0.25, -0.2) is 4.79 Å². The van der Waals surface area contributed by atoms with Crippen LogP contribution in [0.3, 0.4) is 0 Å². The highest BCUT2D eigenvalue weighted by molar-refractivity contribution is 7.86. The topological polar surface area (TPSA) is 90.8 Å². The van der Waals surface area contributed by atoms with E-state index in [9.17, 15) is 13.2 Å². The van der Waals surface area contributed by atoms with Crippen molar-refractivity contribution in [2.75, 3.05) is 44.6 Å². The smallest absolute Gasteiger partial charge is 0.322 e. The Kier molecular flexibility index (Phi) is 5.54. The lowest BCUT2D eigenvalue weighted by molar-refractivity contribution is 0.181. The molecule has 3 rings (SSSR count). The average molecular weight is 385 g/mol. The maximum Gasteiger partial charge on any atom is 0.323 e. The standard InChI is InChI=1S/C16H28N6O3S/c1-4-14-13(2)15(19(3)18-14)17-16(23)20-9-11-22(12-10-20)26(24,25)21-7-5-6-8-21/h4-12H2,1-3H3,(H,17,23). The van der Waals surface area contributed by atoms with Crippen molar-refractivity contribution < 1.29 is 13.2 Å². The zero-order valence-corrected chi connectivity index (χ0v) is 16.5. The number of aryl methyl sites for hydroxylation is 2. The molecule has 9 nitrogen and oxygen atoms in total. The average Bonchev–Trinajstić information content (AvgIpc) is 3.26. The molecule has 1 aromatic heterocycles. The number of nitrogens with one attached hydrogen (secondary N) is 1. The van der Waals surface area contributed by atoms with Gasteiger partial charge < -0.3 is 4.90 Å². The Morgan fingerprint density at radius 2 is 1.65 bits per heavy atom. The number of nitrogens with zero attached hydrogens (tertiary/aromatic N) is 5. The summed E-state index contributed by atoms with van der Waals surface area (Å²) >= 11 is 0. The van der Waals surface area contributed by atoms with Gasteiger partial charge in [0.05, 0.1) is 5.69 Å². The Morgan fingerprint density at radius 3 is 2.19 bits per heavy atom. The van der Waals surface area contributed by atoms with E-state index in [0.29, 0.717) is 45.1 Å². The molecule has 2 amide bonds. The van der Waals surface area contributed by atoms with Crippen LogP contribution in [0, 0.1) is 6.92 Å². The van der Waals surface area contributed by atoms with E-state index in [0.717, 1.165) is 30.5 Å². The molecule has 2 aliphatic heterocycles. The molecular formula is C16H28N6O3S. The maximum absolute atomic E-state index is 12.6. The van der Waals surface area contributed by atoms with E-state index in [2.05, 4.69) is 10.4 Å². The predicted octanol–water partition coefficient (Wildman–Crippen LogP) is 0.781. The Hall–Kier alpha value is -1.65. The maximum atomic E-state index is 12.6. The van der Waals surface area contributed by atoms with Crippen molar-refractivity contribution in [3.8, 4) is 0 Å². The van der Waals surface area contributed by atoms with Crippen LogP contribution in [0.5, 0.6) is 0 Å². The number of carbonyl (C=O) groups is 1. The number of hydrogen-bond donors (Lipinski definition) is 1. The quantitative estimate of drug-likeness (QED) is 0.831. The van der Waals surface area contributed by atoms with E-state index in [1.54, 1.807) is 13.9 Å². The van der Waals surface area contributed by atoms with E-state index >= 15 is 0 Å². The molecule has 0 atom stereocenters. The Morgan fingerprint density at radius 1 is 1.08 bits per heavy atom. The van der Waals surface area contributed by atoms with Crippen molar-refractivity contribution >= 4 is 22.1 Å². The van der Waals surface area contributed by atoms with Gasteiger partial charge in [0.25, 0.3) is 10.2 Å². The van der Waals surface area contributed by atoms with Gasteiger partial charge in [-0.05, 0) is 26.2 Å². The van der Waals surface area contributed by atoms with E-state index in [4.69, 9.17) is 0 Å². The summed E-state index contributed by atoms with van der Waals surface area (Å²) in [6.07, 6.45) is 2.65. The third-order valence-corrected chi connectivity index (χ3v) is 7.22.